The number of benzene rings is 4. The van der Waals surface area contributed by atoms with Crippen LogP contribution in [0, 0.1) is 10.1 Å². The zero-order valence-corrected chi connectivity index (χ0v) is 22.0. The van der Waals surface area contributed by atoms with Crippen molar-refractivity contribution >= 4 is 17.8 Å². The Morgan fingerprint density at radius 3 is 2.26 bits per heavy atom. The maximum Gasteiger partial charge on any atom is 0.271 e. The Morgan fingerprint density at radius 2 is 1.52 bits per heavy atom. The lowest BCUT2D eigenvalue weighted by Gasteiger charge is -2.04. The van der Waals surface area contributed by atoms with Crippen LogP contribution in [0.4, 0.5) is 5.69 Å². The van der Waals surface area contributed by atoms with Crippen molar-refractivity contribution in [1.29, 1.82) is 0 Å². The number of nitro benzene ring substituents is 1. The smallest absolute Gasteiger partial charge is 0.267 e. The van der Waals surface area contributed by atoms with Crippen LogP contribution >= 0.6 is 0 Å². The van der Waals surface area contributed by atoms with Gasteiger partial charge >= 0.3 is 0 Å². The third-order valence-electron chi connectivity index (χ3n) is 6.42. The van der Waals surface area contributed by atoms with Gasteiger partial charge < -0.3 is 0 Å². The fourth-order valence-electron chi connectivity index (χ4n) is 4.31. The quantitative estimate of drug-likeness (QED) is 0.151. The fourth-order valence-corrected chi connectivity index (χ4v) is 4.31. The molecule has 6 aromatic rings. The van der Waals surface area contributed by atoms with E-state index in [1.54, 1.807) is 52.1 Å². The second-order valence-electron chi connectivity index (χ2n) is 9.18. The van der Waals surface area contributed by atoms with Gasteiger partial charge in [0, 0.05) is 40.6 Å². The van der Waals surface area contributed by atoms with Gasteiger partial charge in [-0.2, -0.15) is 10.2 Å². The van der Waals surface area contributed by atoms with Gasteiger partial charge in [-0.05, 0) is 42.5 Å². The van der Waals surface area contributed by atoms with E-state index in [4.69, 9.17) is 0 Å². The average molecular weight is 555 g/mol. The van der Waals surface area contributed by atoms with Crippen LogP contribution in [0.3, 0.4) is 0 Å². The highest BCUT2D eigenvalue weighted by Gasteiger charge is 2.14. The molecule has 0 bridgehead atoms. The second-order valence-corrected chi connectivity index (χ2v) is 9.18. The number of hydrogen-bond donors (Lipinski definition) is 1. The molecule has 0 aliphatic rings. The molecular weight excluding hydrogens is 532 g/mol. The average Bonchev–Trinajstić information content (AvgIpc) is 3.71. The van der Waals surface area contributed by atoms with Gasteiger partial charge in [0.25, 0.3) is 11.6 Å². The minimum atomic E-state index is -0.454. The van der Waals surface area contributed by atoms with Gasteiger partial charge in [0.2, 0.25) is 0 Å². The SMILES string of the molecule is O=C(N/N=C/c1cn(-c2ccccc2)nc1-c1ccc([N+](=O)[O-])cc1)c1cccc(-n2cc(-c3ccccc3)nn2)c1. The lowest BCUT2D eigenvalue weighted by molar-refractivity contribution is -0.384. The summed E-state index contributed by atoms with van der Waals surface area (Å²) in [5.74, 6) is -0.413. The molecule has 0 saturated carbocycles. The number of carbonyl (C=O) groups is 1. The minimum absolute atomic E-state index is 0.0202. The lowest BCUT2D eigenvalue weighted by Crippen LogP contribution is -2.17. The molecule has 0 spiro atoms. The molecule has 0 saturated heterocycles. The Morgan fingerprint density at radius 1 is 0.810 bits per heavy atom. The van der Waals surface area contributed by atoms with Crippen LogP contribution < -0.4 is 5.43 Å². The Hall–Kier alpha value is -6.23. The highest BCUT2D eigenvalue weighted by atomic mass is 16.6. The van der Waals surface area contributed by atoms with E-state index in [1.165, 1.54) is 18.3 Å². The molecular formula is C31H22N8O3. The van der Waals surface area contributed by atoms with Crippen molar-refractivity contribution in [2.24, 2.45) is 5.10 Å². The minimum Gasteiger partial charge on any atom is -0.267 e. The van der Waals surface area contributed by atoms with E-state index in [-0.39, 0.29) is 5.69 Å². The Labute approximate surface area is 239 Å². The van der Waals surface area contributed by atoms with Gasteiger partial charge in [-0.15, -0.1) is 5.10 Å². The zero-order chi connectivity index (χ0) is 28.9. The highest BCUT2D eigenvalue weighted by molar-refractivity contribution is 5.96. The van der Waals surface area contributed by atoms with Crippen LogP contribution in [-0.2, 0) is 0 Å². The van der Waals surface area contributed by atoms with Crippen molar-refractivity contribution < 1.29 is 9.72 Å². The van der Waals surface area contributed by atoms with Crippen LogP contribution in [0.5, 0.6) is 0 Å². The molecule has 4 aromatic carbocycles. The van der Waals surface area contributed by atoms with Crippen molar-refractivity contribution in [3.63, 3.8) is 0 Å². The maximum absolute atomic E-state index is 13.0. The topological polar surface area (TPSA) is 133 Å². The van der Waals surface area contributed by atoms with E-state index in [2.05, 4.69) is 25.9 Å². The van der Waals surface area contributed by atoms with Gasteiger partial charge in [-0.3, -0.25) is 14.9 Å². The van der Waals surface area contributed by atoms with Crippen molar-refractivity contribution in [2.75, 3.05) is 0 Å². The van der Waals surface area contributed by atoms with Gasteiger partial charge in [-0.1, -0.05) is 59.8 Å². The summed E-state index contributed by atoms with van der Waals surface area (Å²) in [7, 11) is 0. The molecule has 42 heavy (non-hydrogen) atoms. The molecule has 0 radical (unpaired) electrons. The monoisotopic (exact) mass is 554 g/mol. The van der Waals surface area contributed by atoms with E-state index in [0.29, 0.717) is 28.1 Å². The Bertz CT molecular complexity index is 1900. The first-order chi connectivity index (χ1) is 20.5. The van der Waals surface area contributed by atoms with Crippen LogP contribution in [0.1, 0.15) is 15.9 Å². The number of nitro groups is 1. The third-order valence-corrected chi connectivity index (χ3v) is 6.42. The largest absolute Gasteiger partial charge is 0.271 e. The van der Waals surface area contributed by atoms with Crippen LogP contribution in [0.2, 0.25) is 0 Å². The van der Waals surface area contributed by atoms with E-state index in [1.807, 2.05) is 66.7 Å². The molecule has 6 rings (SSSR count). The van der Waals surface area contributed by atoms with Crippen LogP contribution in [0.25, 0.3) is 33.9 Å². The number of aromatic nitrogens is 5. The fraction of sp³-hybridized carbons (Fsp3) is 0. The predicted octanol–water partition coefficient (Wildman–Crippen LogP) is 5.46. The number of amides is 1. The molecule has 0 atom stereocenters. The standard InChI is InChI=1S/C31H22N8O3/c40-31(24-10-7-13-28(18-24)38-21-29(33-36-38)22-8-3-1-4-9-22)34-32-19-25-20-37(26-11-5-2-6-12-26)35-30(25)23-14-16-27(17-15-23)39(41)42/h1-21H,(H,34,40)/b32-19+. The summed E-state index contributed by atoms with van der Waals surface area (Å²) in [6, 6.07) is 32.3. The van der Waals surface area contributed by atoms with Crippen LogP contribution in [0.15, 0.2) is 127 Å². The number of carbonyl (C=O) groups excluding carboxylic acids is 1. The zero-order valence-electron chi connectivity index (χ0n) is 22.0. The number of nitrogens with one attached hydrogen (secondary N) is 1. The van der Waals surface area contributed by atoms with Crippen molar-refractivity contribution in [3.8, 4) is 33.9 Å². The van der Waals surface area contributed by atoms with E-state index in [9.17, 15) is 14.9 Å². The number of para-hydroxylation sites is 1. The Kier molecular flexibility index (Phi) is 7.11. The molecule has 1 N–H and O–H groups in total. The number of hydrazone groups is 1. The molecule has 0 aliphatic carbocycles. The van der Waals surface area contributed by atoms with E-state index in [0.717, 1.165) is 16.9 Å². The maximum atomic E-state index is 13.0. The molecule has 0 aliphatic heterocycles. The first kappa shape index (κ1) is 26.0. The number of hydrogen-bond acceptors (Lipinski definition) is 7. The summed E-state index contributed by atoms with van der Waals surface area (Å²) >= 11 is 0. The summed E-state index contributed by atoms with van der Waals surface area (Å²) in [4.78, 5) is 23.6. The van der Waals surface area contributed by atoms with Gasteiger partial charge in [0.15, 0.2) is 0 Å². The summed E-state index contributed by atoms with van der Waals surface area (Å²) in [6.07, 6.45) is 5.07. The second kappa shape index (κ2) is 11.5. The molecule has 0 fully saturated rings. The molecule has 11 nitrogen and oxygen atoms in total. The van der Waals surface area contributed by atoms with Crippen molar-refractivity contribution in [1.82, 2.24) is 30.2 Å². The van der Waals surface area contributed by atoms with Crippen molar-refractivity contribution in [2.45, 2.75) is 0 Å². The molecule has 11 heteroatoms. The summed E-state index contributed by atoms with van der Waals surface area (Å²) in [5.41, 5.74) is 7.91. The predicted molar refractivity (Wildman–Crippen MR) is 158 cm³/mol. The lowest BCUT2D eigenvalue weighted by atomic mass is 10.1. The first-order valence-electron chi connectivity index (χ1n) is 12.9. The first-order valence-corrected chi connectivity index (χ1v) is 12.9. The summed E-state index contributed by atoms with van der Waals surface area (Å²) in [6.45, 7) is 0. The van der Waals surface area contributed by atoms with Gasteiger partial charge in [0.1, 0.15) is 11.4 Å². The number of nitrogens with zero attached hydrogens (tertiary/aromatic N) is 7. The number of rotatable bonds is 8. The highest BCUT2D eigenvalue weighted by Crippen LogP contribution is 2.25. The van der Waals surface area contributed by atoms with Crippen molar-refractivity contribution in [3.05, 3.63) is 143 Å². The molecule has 0 unspecified atom stereocenters. The summed E-state index contributed by atoms with van der Waals surface area (Å²) in [5, 5.41) is 28.4. The molecule has 2 aromatic heterocycles. The van der Waals surface area contributed by atoms with Gasteiger partial charge in [-0.25, -0.2) is 14.8 Å². The molecule has 1 amide bonds. The van der Waals surface area contributed by atoms with Gasteiger partial charge in [0.05, 0.1) is 28.7 Å². The summed E-state index contributed by atoms with van der Waals surface area (Å²) < 4.78 is 3.29. The van der Waals surface area contributed by atoms with Crippen LogP contribution in [-0.4, -0.2) is 41.8 Å². The molecule has 204 valence electrons. The van der Waals surface area contributed by atoms with E-state index < -0.39 is 10.8 Å². The number of non-ortho nitro benzene ring substituents is 1. The van der Waals surface area contributed by atoms with E-state index >= 15 is 0 Å². The third kappa shape index (κ3) is 5.56. The Balaban J connectivity index is 1.23. The normalized spacial score (nSPS) is 11.0. The molecule has 2 heterocycles.